The smallest absolute Gasteiger partial charge is 0.307 e. The summed E-state index contributed by atoms with van der Waals surface area (Å²) in [7, 11) is 0. The first-order chi connectivity index (χ1) is 8.13. The Morgan fingerprint density at radius 3 is 2.29 bits per heavy atom. The van der Waals surface area contributed by atoms with Gasteiger partial charge in [-0.3, -0.25) is 9.59 Å². The van der Waals surface area contributed by atoms with Gasteiger partial charge in [0.15, 0.2) is 0 Å². The average Bonchev–Trinajstić information content (AvgIpc) is 2.27. The zero-order chi connectivity index (χ0) is 12.4. The second-order valence-corrected chi connectivity index (χ2v) is 4.79. The van der Waals surface area contributed by atoms with Crippen molar-refractivity contribution in [1.82, 2.24) is 4.90 Å². The van der Waals surface area contributed by atoms with Crippen molar-refractivity contribution < 1.29 is 19.8 Å². The number of carboxylic acid groups (broad SMARTS) is 1. The van der Waals surface area contributed by atoms with Gasteiger partial charge in [0.05, 0.1) is 11.8 Å². The molecule has 0 spiro atoms. The Morgan fingerprint density at radius 2 is 1.76 bits per heavy atom. The number of likely N-dealkylation sites (tertiary alicyclic amines) is 1. The molecule has 0 saturated carbocycles. The van der Waals surface area contributed by atoms with E-state index in [1.54, 1.807) is 4.90 Å². The summed E-state index contributed by atoms with van der Waals surface area (Å²) >= 11 is 0. The number of aliphatic hydroxyl groups is 1. The van der Waals surface area contributed by atoms with Crippen molar-refractivity contribution in [1.29, 1.82) is 0 Å². The summed E-state index contributed by atoms with van der Waals surface area (Å²) in [5.74, 6) is -1.84. The van der Waals surface area contributed by atoms with Crippen LogP contribution in [0.5, 0.6) is 0 Å². The van der Waals surface area contributed by atoms with Gasteiger partial charge in [-0.15, -0.1) is 0 Å². The molecule has 1 aliphatic heterocycles. The number of hydrogen-bond acceptors (Lipinski definition) is 3. The van der Waals surface area contributed by atoms with E-state index in [4.69, 9.17) is 10.2 Å². The van der Waals surface area contributed by atoms with E-state index in [1.165, 1.54) is 0 Å². The van der Waals surface area contributed by atoms with Gasteiger partial charge in [0.25, 0.3) is 0 Å². The minimum atomic E-state index is -0.896. The highest BCUT2D eigenvalue weighted by molar-refractivity contribution is 5.85. The van der Waals surface area contributed by atoms with E-state index in [0.29, 0.717) is 25.9 Å². The maximum absolute atomic E-state index is 12.1. The Hall–Kier alpha value is -1.36. The van der Waals surface area contributed by atoms with Gasteiger partial charge in [0.1, 0.15) is 0 Å². The highest BCUT2D eigenvalue weighted by Gasteiger charge is 2.40. The van der Waals surface area contributed by atoms with Crippen molar-refractivity contribution in [3.8, 4) is 0 Å². The number of allylic oxidation sites excluding steroid dienone is 2. The number of carbonyl (C=O) groups excluding carboxylic acids is 1. The Kier molecular flexibility index (Phi) is 3.47. The molecule has 2 atom stereocenters. The second kappa shape index (κ2) is 4.87. The summed E-state index contributed by atoms with van der Waals surface area (Å²) in [4.78, 5) is 24.8. The van der Waals surface area contributed by atoms with Crippen molar-refractivity contribution in [3.63, 3.8) is 0 Å². The van der Waals surface area contributed by atoms with E-state index in [9.17, 15) is 9.59 Å². The predicted octanol–water partition coefficient (Wildman–Crippen LogP) is 0.104. The van der Waals surface area contributed by atoms with Gasteiger partial charge in [-0.05, 0) is 12.8 Å². The van der Waals surface area contributed by atoms with Gasteiger partial charge in [-0.2, -0.15) is 0 Å². The van der Waals surface area contributed by atoms with Crippen molar-refractivity contribution >= 4 is 11.9 Å². The molecule has 0 aromatic rings. The second-order valence-electron chi connectivity index (χ2n) is 4.79. The van der Waals surface area contributed by atoms with Crippen molar-refractivity contribution in [2.45, 2.75) is 12.8 Å². The molecule has 0 aromatic carbocycles. The fourth-order valence-electron chi connectivity index (χ4n) is 2.46. The SMILES string of the molecule is O=C(O)[C@H]1CC=CC[C@H]1C(=O)N1CC(CO)C1. The first-order valence-electron chi connectivity index (χ1n) is 5.91. The monoisotopic (exact) mass is 239 g/mol. The van der Waals surface area contributed by atoms with Gasteiger partial charge in [-0.1, -0.05) is 12.2 Å². The van der Waals surface area contributed by atoms with Crippen molar-refractivity contribution in [2.75, 3.05) is 19.7 Å². The molecule has 1 heterocycles. The number of aliphatic hydroxyl groups excluding tert-OH is 1. The molecule has 2 N–H and O–H groups in total. The lowest BCUT2D eigenvalue weighted by atomic mass is 9.81. The van der Waals surface area contributed by atoms with Crippen LogP contribution in [0.15, 0.2) is 12.2 Å². The maximum atomic E-state index is 12.1. The minimum absolute atomic E-state index is 0.0774. The lowest BCUT2D eigenvalue weighted by molar-refractivity contribution is -0.154. The Bertz CT molecular complexity index is 346. The molecule has 1 amide bonds. The highest BCUT2D eigenvalue weighted by atomic mass is 16.4. The third-order valence-corrected chi connectivity index (χ3v) is 3.59. The van der Waals surface area contributed by atoms with E-state index in [-0.39, 0.29) is 18.4 Å². The van der Waals surface area contributed by atoms with Gasteiger partial charge in [-0.25, -0.2) is 0 Å². The molecular formula is C12H17NO4. The van der Waals surface area contributed by atoms with Crippen LogP contribution in [0.2, 0.25) is 0 Å². The minimum Gasteiger partial charge on any atom is -0.481 e. The molecule has 0 radical (unpaired) electrons. The van der Waals surface area contributed by atoms with E-state index in [1.807, 2.05) is 12.2 Å². The van der Waals surface area contributed by atoms with Crippen molar-refractivity contribution in [2.24, 2.45) is 17.8 Å². The average molecular weight is 239 g/mol. The summed E-state index contributed by atoms with van der Waals surface area (Å²) in [6.07, 6.45) is 4.65. The summed E-state index contributed by atoms with van der Waals surface area (Å²) < 4.78 is 0. The largest absolute Gasteiger partial charge is 0.481 e. The molecule has 1 saturated heterocycles. The van der Waals surface area contributed by atoms with Gasteiger partial charge < -0.3 is 15.1 Å². The third-order valence-electron chi connectivity index (χ3n) is 3.59. The topological polar surface area (TPSA) is 77.8 Å². The molecular weight excluding hydrogens is 222 g/mol. The van der Waals surface area contributed by atoms with Crippen molar-refractivity contribution in [3.05, 3.63) is 12.2 Å². The third kappa shape index (κ3) is 2.34. The molecule has 2 aliphatic rings. The van der Waals surface area contributed by atoms with Gasteiger partial charge in [0, 0.05) is 25.6 Å². The molecule has 5 heteroatoms. The lowest BCUT2D eigenvalue weighted by Gasteiger charge is -2.41. The molecule has 17 heavy (non-hydrogen) atoms. The van der Waals surface area contributed by atoms with E-state index in [2.05, 4.69) is 0 Å². The number of rotatable bonds is 3. The maximum Gasteiger partial charge on any atom is 0.307 e. The number of aliphatic carboxylic acids is 1. The zero-order valence-electron chi connectivity index (χ0n) is 9.58. The fraction of sp³-hybridized carbons (Fsp3) is 0.667. The van der Waals surface area contributed by atoms with Gasteiger partial charge >= 0.3 is 5.97 Å². The Morgan fingerprint density at radius 1 is 1.18 bits per heavy atom. The molecule has 94 valence electrons. The number of carbonyl (C=O) groups is 2. The van der Waals surface area contributed by atoms with Crippen LogP contribution in [0.3, 0.4) is 0 Å². The van der Waals surface area contributed by atoms with Gasteiger partial charge in [0.2, 0.25) is 5.91 Å². The normalized spacial score (nSPS) is 28.9. The summed E-state index contributed by atoms with van der Waals surface area (Å²) in [6.45, 7) is 1.21. The number of amides is 1. The molecule has 0 aromatic heterocycles. The molecule has 0 unspecified atom stereocenters. The first kappa shape index (κ1) is 12.1. The molecule has 0 bridgehead atoms. The molecule has 5 nitrogen and oxygen atoms in total. The van der Waals surface area contributed by atoms with Crippen LogP contribution in [-0.2, 0) is 9.59 Å². The van der Waals surface area contributed by atoms with E-state index >= 15 is 0 Å². The lowest BCUT2D eigenvalue weighted by Crippen LogP contribution is -2.54. The molecule has 2 rings (SSSR count). The Balaban J connectivity index is 1.98. The summed E-state index contributed by atoms with van der Waals surface area (Å²) in [5, 5.41) is 18.0. The number of hydrogen-bond donors (Lipinski definition) is 2. The van der Waals surface area contributed by atoms with Crippen LogP contribution in [0.1, 0.15) is 12.8 Å². The zero-order valence-corrected chi connectivity index (χ0v) is 9.58. The number of carboxylic acids is 1. The highest BCUT2D eigenvalue weighted by Crippen LogP contribution is 2.30. The van der Waals surface area contributed by atoms with Crippen LogP contribution < -0.4 is 0 Å². The van der Waals surface area contributed by atoms with Crippen LogP contribution in [0, 0.1) is 17.8 Å². The summed E-state index contributed by atoms with van der Waals surface area (Å²) in [5.41, 5.74) is 0. The fourth-order valence-corrected chi connectivity index (χ4v) is 2.46. The van der Waals surface area contributed by atoms with Crippen LogP contribution in [-0.4, -0.2) is 46.7 Å². The quantitative estimate of drug-likeness (QED) is 0.685. The van der Waals surface area contributed by atoms with Crippen LogP contribution in [0.25, 0.3) is 0 Å². The van der Waals surface area contributed by atoms with E-state index in [0.717, 1.165) is 0 Å². The molecule has 1 fully saturated rings. The van der Waals surface area contributed by atoms with Crippen LogP contribution >= 0.6 is 0 Å². The number of nitrogens with zero attached hydrogens (tertiary/aromatic N) is 1. The van der Waals surface area contributed by atoms with Crippen LogP contribution in [0.4, 0.5) is 0 Å². The molecule has 1 aliphatic carbocycles. The first-order valence-corrected chi connectivity index (χ1v) is 5.91. The Labute approximate surface area is 99.7 Å². The standard InChI is InChI=1S/C12H17NO4/c14-7-8-5-13(6-8)11(15)9-3-1-2-4-10(9)12(16)17/h1-2,8-10,14H,3-7H2,(H,16,17)/t9-,10+/m1/s1. The van der Waals surface area contributed by atoms with E-state index < -0.39 is 17.8 Å². The predicted molar refractivity (Wildman–Crippen MR) is 60.1 cm³/mol. The summed E-state index contributed by atoms with van der Waals surface area (Å²) in [6, 6.07) is 0.